The minimum absolute atomic E-state index is 0.0753. The van der Waals surface area contributed by atoms with Crippen molar-refractivity contribution < 1.29 is 14.3 Å². The van der Waals surface area contributed by atoms with E-state index in [0.29, 0.717) is 23.7 Å². The van der Waals surface area contributed by atoms with Crippen LogP contribution in [0.15, 0.2) is 54.6 Å². The molecule has 1 unspecified atom stereocenters. The maximum Gasteiger partial charge on any atom is 0.253 e. The van der Waals surface area contributed by atoms with Crippen LogP contribution in [0, 0.1) is 0 Å². The number of thioether (sulfide) groups is 1. The number of amides is 2. The van der Waals surface area contributed by atoms with Crippen molar-refractivity contribution in [2.75, 3.05) is 24.3 Å². The molecule has 2 aromatic carbocycles. The van der Waals surface area contributed by atoms with Gasteiger partial charge in [0.25, 0.3) is 5.91 Å². The highest BCUT2D eigenvalue weighted by Gasteiger charge is 2.38. The molecule has 1 atom stereocenters. The van der Waals surface area contributed by atoms with Gasteiger partial charge in [-0.2, -0.15) is 0 Å². The Morgan fingerprint density at radius 2 is 1.89 bits per heavy atom. The van der Waals surface area contributed by atoms with Crippen molar-refractivity contribution in [1.29, 1.82) is 0 Å². The number of hydrogen-bond acceptors (Lipinski definition) is 4. The highest BCUT2D eigenvalue weighted by Crippen LogP contribution is 2.36. The summed E-state index contributed by atoms with van der Waals surface area (Å²) in [5.74, 6) is 0.684. The normalized spacial score (nSPS) is 16.4. The number of nitrogens with one attached hydrogen (secondary N) is 1. The summed E-state index contributed by atoms with van der Waals surface area (Å²) in [4.78, 5) is 26.5. The number of hydrogen-bond donors (Lipinski definition) is 1. The lowest BCUT2D eigenvalue weighted by atomic mass is 10.1. The van der Waals surface area contributed by atoms with Gasteiger partial charge in [0, 0.05) is 6.54 Å². The SMILES string of the molecule is COc1ccccc1N1C(=O)CSC1C(=O)NCCCCc1ccccc1. The molecule has 27 heavy (non-hydrogen) atoms. The van der Waals surface area contributed by atoms with Gasteiger partial charge < -0.3 is 10.1 Å². The molecule has 0 saturated carbocycles. The Labute approximate surface area is 164 Å². The van der Waals surface area contributed by atoms with E-state index in [9.17, 15) is 9.59 Å². The van der Waals surface area contributed by atoms with Crippen LogP contribution in [-0.4, -0.2) is 36.6 Å². The van der Waals surface area contributed by atoms with Crippen LogP contribution in [0.4, 0.5) is 5.69 Å². The van der Waals surface area contributed by atoms with Crippen LogP contribution in [-0.2, 0) is 16.0 Å². The Balaban J connectivity index is 1.53. The van der Waals surface area contributed by atoms with Crippen LogP contribution in [0.5, 0.6) is 5.75 Å². The fourth-order valence-corrected chi connectivity index (χ4v) is 4.16. The number of anilines is 1. The van der Waals surface area contributed by atoms with Gasteiger partial charge in [-0.25, -0.2) is 0 Å². The number of methoxy groups -OCH3 is 1. The van der Waals surface area contributed by atoms with Crippen LogP contribution in [0.2, 0.25) is 0 Å². The second kappa shape index (κ2) is 9.46. The van der Waals surface area contributed by atoms with Crippen LogP contribution in [0.3, 0.4) is 0 Å². The monoisotopic (exact) mass is 384 g/mol. The predicted octanol–water partition coefficient (Wildman–Crippen LogP) is 3.24. The summed E-state index contributed by atoms with van der Waals surface area (Å²) in [5.41, 5.74) is 1.95. The lowest BCUT2D eigenvalue weighted by molar-refractivity contribution is -0.123. The maximum atomic E-state index is 12.6. The largest absolute Gasteiger partial charge is 0.495 e. The lowest BCUT2D eigenvalue weighted by Crippen LogP contribution is -2.44. The topological polar surface area (TPSA) is 58.6 Å². The molecule has 142 valence electrons. The third-order valence-electron chi connectivity index (χ3n) is 4.47. The molecular weight excluding hydrogens is 360 g/mol. The van der Waals surface area contributed by atoms with Gasteiger partial charge in [0.1, 0.15) is 5.75 Å². The molecule has 0 bridgehead atoms. The number of unbranched alkanes of at least 4 members (excludes halogenated alkanes) is 1. The van der Waals surface area contributed by atoms with E-state index in [-0.39, 0.29) is 11.8 Å². The molecule has 1 aliphatic rings. The fourth-order valence-electron chi connectivity index (χ4n) is 3.11. The molecule has 2 amide bonds. The van der Waals surface area contributed by atoms with Crippen molar-refractivity contribution >= 4 is 29.3 Å². The van der Waals surface area contributed by atoms with Gasteiger partial charge in [0.15, 0.2) is 5.37 Å². The molecule has 5 nitrogen and oxygen atoms in total. The van der Waals surface area contributed by atoms with Crippen molar-refractivity contribution in [1.82, 2.24) is 5.32 Å². The molecule has 0 aromatic heterocycles. The Bertz CT molecular complexity index is 782. The number of benzene rings is 2. The van der Waals surface area contributed by atoms with Gasteiger partial charge in [-0.1, -0.05) is 42.5 Å². The van der Waals surface area contributed by atoms with Crippen molar-refractivity contribution in [2.45, 2.75) is 24.6 Å². The summed E-state index contributed by atoms with van der Waals surface area (Å²) >= 11 is 1.35. The van der Waals surface area contributed by atoms with Crippen LogP contribution in [0.1, 0.15) is 18.4 Å². The van der Waals surface area contributed by atoms with Crippen LogP contribution < -0.4 is 15.0 Å². The van der Waals surface area contributed by atoms with E-state index in [1.807, 2.05) is 36.4 Å². The Morgan fingerprint density at radius 3 is 2.67 bits per heavy atom. The maximum absolute atomic E-state index is 12.6. The summed E-state index contributed by atoms with van der Waals surface area (Å²) < 4.78 is 5.35. The first-order valence-electron chi connectivity index (χ1n) is 9.09. The number of nitrogens with zero attached hydrogens (tertiary/aromatic N) is 1. The molecule has 0 radical (unpaired) electrons. The zero-order valence-corrected chi connectivity index (χ0v) is 16.2. The molecule has 1 N–H and O–H groups in total. The van der Waals surface area contributed by atoms with Crippen LogP contribution in [0.25, 0.3) is 0 Å². The van der Waals surface area contributed by atoms with Gasteiger partial charge in [-0.05, 0) is 37.0 Å². The smallest absolute Gasteiger partial charge is 0.253 e. The highest BCUT2D eigenvalue weighted by molar-refractivity contribution is 8.02. The third kappa shape index (κ3) is 4.83. The minimum atomic E-state index is -0.553. The lowest BCUT2D eigenvalue weighted by Gasteiger charge is -2.24. The zero-order valence-electron chi connectivity index (χ0n) is 15.4. The van der Waals surface area contributed by atoms with Crippen molar-refractivity contribution in [3.8, 4) is 5.75 Å². The fraction of sp³-hybridized carbons (Fsp3) is 0.333. The molecular formula is C21H24N2O3S. The molecule has 1 fully saturated rings. The molecule has 0 spiro atoms. The van der Waals surface area contributed by atoms with E-state index in [2.05, 4.69) is 17.4 Å². The third-order valence-corrected chi connectivity index (χ3v) is 5.63. The molecule has 2 aromatic rings. The average Bonchev–Trinajstić information content (AvgIpc) is 3.09. The van der Waals surface area contributed by atoms with E-state index in [4.69, 9.17) is 4.74 Å². The highest BCUT2D eigenvalue weighted by atomic mass is 32.2. The Kier molecular flexibility index (Phi) is 6.76. The van der Waals surface area contributed by atoms with E-state index < -0.39 is 5.37 Å². The van der Waals surface area contributed by atoms with E-state index in [1.165, 1.54) is 17.3 Å². The first kappa shape index (κ1) is 19.3. The quantitative estimate of drug-likeness (QED) is 0.710. The molecule has 6 heteroatoms. The van der Waals surface area contributed by atoms with E-state index in [0.717, 1.165) is 19.3 Å². The molecule has 1 heterocycles. The number of ether oxygens (including phenoxy) is 1. The summed E-state index contributed by atoms with van der Waals surface area (Å²) in [6.07, 6.45) is 2.92. The first-order valence-corrected chi connectivity index (χ1v) is 10.1. The summed E-state index contributed by atoms with van der Waals surface area (Å²) in [7, 11) is 1.56. The van der Waals surface area contributed by atoms with Gasteiger partial charge in [-0.3, -0.25) is 14.5 Å². The van der Waals surface area contributed by atoms with Crippen molar-refractivity contribution in [2.24, 2.45) is 0 Å². The van der Waals surface area contributed by atoms with Gasteiger partial charge in [0.2, 0.25) is 5.91 Å². The molecule has 1 aliphatic heterocycles. The van der Waals surface area contributed by atoms with Crippen LogP contribution >= 0.6 is 11.8 Å². The second-order valence-electron chi connectivity index (χ2n) is 6.33. The molecule has 0 aliphatic carbocycles. The zero-order chi connectivity index (χ0) is 19.1. The Hall–Kier alpha value is -2.47. The van der Waals surface area contributed by atoms with Gasteiger partial charge in [-0.15, -0.1) is 11.8 Å². The number of carbonyl (C=O) groups excluding carboxylic acids is 2. The second-order valence-corrected chi connectivity index (χ2v) is 7.40. The van der Waals surface area contributed by atoms with Gasteiger partial charge >= 0.3 is 0 Å². The van der Waals surface area contributed by atoms with E-state index in [1.54, 1.807) is 18.1 Å². The number of carbonyl (C=O) groups is 2. The molecule has 3 rings (SSSR count). The van der Waals surface area contributed by atoms with Gasteiger partial charge in [0.05, 0.1) is 18.6 Å². The standard InChI is InChI=1S/C21H24N2O3S/c1-26-18-13-6-5-12-17(18)23-19(24)15-27-21(23)20(25)22-14-8-7-11-16-9-3-2-4-10-16/h2-6,9-10,12-13,21H,7-8,11,14-15H2,1H3,(H,22,25). The minimum Gasteiger partial charge on any atom is -0.495 e. The Morgan fingerprint density at radius 1 is 1.15 bits per heavy atom. The number of para-hydroxylation sites is 2. The van der Waals surface area contributed by atoms with Crippen molar-refractivity contribution in [3.63, 3.8) is 0 Å². The average molecular weight is 385 g/mol. The first-order chi connectivity index (χ1) is 13.2. The summed E-state index contributed by atoms with van der Waals surface area (Å²) in [5, 5.41) is 2.42. The van der Waals surface area contributed by atoms with Crippen molar-refractivity contribution in [3.05, 3.63) is 60.2 Å². The van der Waals surface area contributed by atoms with E-state index >= 15 is 0 Å². The molecule has 1 saturated heterocycles. The predicted molar refractivity (Wildman–Crippen MR) is 109 cm³/mol. The summed E-state index contributed by atoms with van der Waals surface area (Å²) in [6.45, 7) is 0.608. The number of aryl methyl sites for hydroxylation is 1. The number of rotatable bonds is 8. The summed E-state index contributed by atoms with van der Waals surface area (Å²) in [6, 6.07) is 17.6.